The van der Waals surface area contributed by atoms with Gasteiger partial charge in [0.1, 0.15) is 24.4 Å². The molecular formula is C21H22N2O6. The molecule has 8 heteroatoms. The summed E-state index contributed by atoms with van der Waals surface area (Å²) in [4.78, 5) is 17.4. The summed E-state index contributed by atoms with van der Waals surface area (Å²) in [5.74, 6) is -0.555. The molecule has 4 unspecified atom stereocenters. The molecule has 0 fully saturated rings. The highest BCUT2D eigenvalue weighted by molar-refractivity contribution is 6.32. The average molecular weight is 398 g/mol. The van der Waals surface area contributed by atoms with E-state index in [0.29, 0.717) is 16.9 Å². The van der Waals surface area contributed by atoms with Gasteiger partial charge >= 0.3 is 0 Å². The van der Waals surface area contributed by atoms with Crippen molar-refractivity contribution in [1.29, 1.82) is 0 Å². The molecule has 4 atom stereocenters. The summed E-state index contributed by atoms with van der Waals surface area (Å²) in [5, 5.41) is 51.5. The fraction of sp³-hybridized carbons (Fsp3) is 0.238. The van der Waals surface area contributed by atoms with Crippen molar-refractivity contribution < 1.29 is 30.3 Å². The van der Waals surface area contributed by atoms with Crippen LogP contribution in [0, 0.1) is 0 Å². The van der Waals surface area contributed by atoms with Gasteiger partial charge in [-0.15, -0.1) is 0 Å². The van der Waals surface area contributed by atoms with E-state index >= 15 is 0 Å². The van der Waals surface area contributed by atoms with E-state index in [2.05, 4.69) is 10.3 Å². The molecule has 0 spiro atoms. The maximum absolute atomic E-state index is 12.9. The first-order chi connectivity index (χ1) is 13.9. The van der Waals surface area contributed by atoms with Crippen LogP contribution in [-0.2, 0) is 4.79 Å². The number of aliphatic hydroxyl groups is 5. The molecule has 1 amide bonds. The predicted molar refractivity (Wildman–Crippen MR) is 107 cm³/mol. The lowest BCUT2D eigenvalue weighted by Crippen LogP contribution is -2.45. The van der Waals surface area contributed by atoms with E-state index in [1.165, 1.54) is 0 Å². The number of amides is 1. The number of hydrogen-bond acceptors (Lipinski definition) is 7. The standard InChI is InChI=1S/C21H22N2O6/c24-11-17(26)20(28)19(27)16(25)10-13-18(12-6-2-1-3-7-12)22-14-8-4-5-9-15(14)23-21(13)29/h1-10,16-17,19-20,24-28H,11H2,(H,23,29)/b13-10-. The Morgan fingerprint density at radius 1 is 0.931 bits per heavy atom. The number of para-hydroxylation sites is 2. The van der Waals surface area contributed by atoms with Gasteiger partial charge in [-0.2, -0.15) is 0 Å². The van der Waals surface area contributed by atoms with Gasteiger partial charge in [0.25, 0.3) is 5.91 Å². The molecule has 0 aliphatic carbocycles. The van der Waals surface area contributed by atoms with Crippen LogP contribution >= 0.6 is 0 Å². The minimum Gasteiger partial charge on any atom is -0.394 e. The quantitative estimate of drug-likeness (QED) is 0.382. The van der Waals surface area contributed by atoms with Gasteiger partial charge in [0.15, 0.2) is 0 Å². The third kappa shape index (κ3) is 4.58. The Labute approximate surface area is 167 Å². The minimum absolute atomic E-state index is 0.00959. The van der Waals surface area contributed by atoms with E-state index < -0.39 is 36.9 Å². The maximum atomic E-state index is 12.9. The Bertz CT molecular complexity index is 928. The van der Waals surface area contributed by atoms with E-state index in [1.807, 2.05) is 6.07 Å². The lowest BCUT2D eigenvalue weighted by atomic mass is 9.96. The third-order valence-electron chi connectivity index (χ3n) is 4.55. The van der Waals surface area contributed by atoms with Gasteiger partial charge < -0.3 is 30.8 Å². The number of hydrogen-bond donors (Lipinski definition) is 6. The zero-order chi connectivity index (χ0) is 21.0. The molecule has 0 saturated carbocycles. The van der Waals surface area contributed by atoms with Crippen LogP contribution in [0.15, 0.2) is 71.2 Å². The summed E-state index contributed by atoms with van der Waals surface area (Å²) < 4.78 is 0. The van der Waals surface area contributed by atoms with E-state index in [9.17, 15) is 25.2 Å². The molecule has 0 radical (unpaired) electrons. The number of anilines is 1. The second-order valence-electron chi connectivity index (χ2n) is 6.60. The number of carbonyl (C=O) groups excluding carboxylic acids is 1. The molecule has 1 aliphatic heterocycles. The Morgan fingerprint density at radius 3 is 2.28 bits per heavy atom. The Hall–Kier alpha value is -2.88. The molecule has 0 bridgehead atoms. The normalized spacial score (nSPS) is 19.4. The molecule has 1 aliphatic rings. The fourth-order valence-corrected chi connectivity index (χ4v) is 2.93. The minimum atomic E-state index is -1.83. The lowest BCUT2D eigenvalue weighted by molar-refractivity contribution is -0.113. The van der Waals surface area contributed by atoms with Crippen molar-refractivity contribution in [3.05, 3.63) is 71.8 Å². The molecule has 29 heavy (non-hydrogen) atoms. The second kappa shape index (κ2) is 9.08. The number of fused-ring (bicyclic) bond motifs is 1. The van der Waals surface area contributed by atoms with E-state index in [-0.39, 0.29) is 11.3 Å². The molecule has 152 valence electrons. The third-order valence-corrected chi connectivity index (χ3v) is 4.55. The topological polar surface area (TPSA) is 143 Å². The summed E-state index contributed by atoms with van der Waals surface area (Å²) >= 11 is 0. The molecular weight excluding hydrogens is 376 g/mol. The van der Waals surface area contributed by atoms with Crippen molar-refractivity contribution in [2.45, 2.75) is 24.4 Å². The van der Waals surface area contributed by atoms with Gasteiger partial charge in [-0.05, 0) is 18.2 Å². The SMILES string of the molecule is O=C1Nc2ccccc2N=C(c2ccccc2)/C1=C/C(O)C(O)C(O)C(O)CO. The Morgan fingerprint density at radius 2 is 1.59 bits per heavy atom. The number of nitrogens with one attached hydrogen (secondary N) is 1. The first kappa shape index (κ1) is 20.8. The lowest BCUT2D eigenvalue weighted by Gasteiger charge is -2.24. The van der Waals surface area contributed by atoms with Gasteiger partial charge in [0, 0.05) is 5.56 Å². The van der Waals surface area contributed by atoms with Crippen LogP contribution in [0.4, 0.5) is 11.4 Å². The van der Waals surface area contributed by atoms with Crippen LogP contribution in [0.1, 0.15) is 5.56 Å². The van der Waals surface area contributed by atoms with Gasteiger partial charge in [0.05, 0.1) is 29.3 Å². The zero-order valence-corrected chi connectivity index (χ0v) is 15.4. The van der Waals surface area contributed by atoms with Gasteiger partial charge in [-0.1, -0.05) is 42.5 Å². The average Bonchev–Trinajstić information content (AvgIpc) is 2.89. The second-order valence-corrected chi connectivity index (χ2v) is 6.60. The van der Waals surface area contributed by atoms with Crippen LogP contribution in [0.2, 0.25) is 0 Å². The monoisotopic (exact) mass is 398 g/mol. The number of benzene rings is 2. The van der Waals surface area contributed by atoms with Crippen molar-refractivity contribution >= 4 is 23.0 Å². The molecule has 1 heterocycles. The van der Waals surface area contributed by atoms with E-state index in [4.69, 9.17) is 5.11 Å². The smallest absolute Gasteiger partial charge is 0.257 e. The molecule has 2 aromatic carbocycles. The largest absolute Gasteiger partial charge is 0.394 e. The van der Waals surface area contributed by atoms with Crippen LogP contribution in [-0.4, -0.2) is 68.2 Å². The maximum Gasteiger partial charge on any atom is 0.257 e. The van der Waals surface area contributed by atoms with Gasteiger partial charge in [-0.3, -0.25) is 4.79 Å². The summed E-state index contributed by atoms with van der Waals surface area (Å²) in [7, 11) is 0. The van der Waals surface area contributed by atoms with Crippen molar-refractivity contribution in [2.24, 2.45) is 4.99 Å². The fourth-order valence-electron chi connectivity index (χ4n) is 2.93. The van der Waals surface area contributed by atoms with Gasteiger partial charge in [0.2, 0.25) is 0 Å². The molecule has 6 N–H and O–H groups in total. The summed E-state index contributed by atoms with van der Waals surface area (Å²) in [5.41, 5.74) is 1.89. The van der Waals surface area contributed by atoms with Crippen LogP contribution in [0.3, 0.4) is 0 Å². The number of aliphatic imine (C=N–C) groups is 1. The Balaban J connectivity index is 2.05. The van der Waals surface area contributed by atoms with Crippen LogP contribution < -0.4 is 5.32 Å². The summed E-state index contributed by atoms with van der Waals surface area (Å²) in [6, 6.07) is 15.8. The highest BCUT2D eigenvalue weighted by Crippen LogP contribution is 2.30. The Kier molecular flexibility index (Phi) is 6.53. The number of rotatable bonds is 6. The van der Waals surface area contributed by atoms with Crippen molar-refractivity contribution in [2.75, 3.05) is 11.9 Å². The van der Waals surface area contributed by atoms with Crippen LogP contribution in [0.5, 0.6) is 0 Å². The first-order valence-corrected chi connectivity index (χ1v) is 9.02. The number of carbonyl (C=O) groups is 1. The summed E-state index contributed by atoms with van der Waals surface area (Å²) in [6.45, 7) is -0.798. The number of nitrogens with zero attached hydrogens (tertiary/aromatic N) is 1. The molecule has 0 aromatic heterocycles. The molecule has 3 rings (SSSR count). The van der Waals surface area contributed by atoms with Crippen molar-refractivity contribution in [3.8, 4) is 0 Å². The highest BCUT2D eigenvalue weighted by atomic mass is 16.4. The van der Waals surface area contributed by atoms with Crippen LogP contribution in [0.25, 0.3) is 0 Å². The van der Waals surface area contributed by atoms with E-state index in [1.54, 1.807) is 48.5 Å². The number of aliphatic hydroxyl groups excluding tert-OH is 5. The molecule has 8 nitrogen and oxygen atoms in total. The highest BCUT2D eigenvalue weighted by Gasteiger charge is 2.31. The van der Waals surface area contributed by atoms with Gasteiger partial charge in [-0.25, -0.2) is 4.99 Å². The van der Waals surface area contributed by atoms with Crippen molar-refractivity contribution in [1.82, 2.24) is 0 Å². The molecule has 2 aromatic rings. The summed E-state index contributed by atoms with van der Waals surface area (Å²) in [6.07, 6.45) is -5.92. The van der Waals surface area contributed by atoms with E-state index in [0.717, 1.165) is 6.08 Å². The molecule has 0 saturated heterocycles. The van der Waals surface area contributed by atoms with Crippen molar-refractivity contribution in [3.63, 3.8) is 0 Å². The predicted octanol–water partition coefficient (Wildman–Crippen LogP) is 0.122. The zero-order valence-electron chi connectivity index (χ0n) is 15.4. The first-order valence-electron chi connectivity index (χ1n) is 9.02.